The van der Waals surface area contributed by atoms with Gasteiger partial charge in [-0.25, -0.2) is 0 Å². The average Bonchev–Trinajstić information content (AvgIpc) is 2.64. The molecule has 2 unspecified atom stereocenters. The molecule has 2 atom stereocenters. The Kier molecular flexibility index (Phi) is 3.72. The summed E-state index contributed by atoms with van der Waals surface area (Å²) >= 11 is 0. The van der Waals surface area contributed by atoms with E-state index in [1.807, 2.05) is 0 Å². The second kappa shape index (κ2) is 4.82. The fraction of sp³-hybridized carbons (Fsp3) is 0.571. The third-order valence-corrected chi connectivity index (χ3v) is 1.72. The Labute approximate surface area is 85.4 Å². The second-order valence-electron chi connectivity index (χ2n) is 3.06. The first-order valence-electron chi connectivity index (χ1n) is 4.28. The number of rotatable bonds is 5. The van der Waals surface area contributed by atoms with E-state index in [9.17, 15) is 4.79 Å². The van der Waals surface area contributed by atoms with Crippen molar-refractivity contribution in [1.82, 2.24) is 10.1 Å². The summed E-state index contributed by atoms with van der Waals surface area (Å²) in [6.45, 7) is -0.302. The van der Waals surface area contributed by atoms with E-state index in [-0.39, 0.29) is 24.7 Å². The minimum atomic E-state index is -0.741. The number of aliphatic hydroxyl groups excluding tert-OH is 1. The van der Waals surface area contributed by atoms with E-state index in [1.54, 1.807) is 0 Å². The van der Waals surface area contributed by atoms with Gasteiger partial charge in [0, 0.05) is 0 Å². The molecule has 0 bridgehead atoms. The van der Waals surface area contributed by atoms with Crippen LogP contribution in [0.1, 0.15) is 30.2 Å². The summed E-state index contributed by atoms with van der Waals surface area (Å²) in [5, 5.41) is 12.2. The van der Waals surface area contributed by atoms with E-state index in [0.717, 1.165) is 0 Å². The van der Waals surface area contributed by atoms with E-state index in [1.165, 1.54) is 0 Å². The van der Waals surface area contributed by atoms with E-state index in [4.69, 9.17) is 26.8 Å². The summed E-state index contributed by atoms with van der Waals surface area (Å²) < 4.78 is 4.77. The van der Waals surface area contributed by atoms with Gasteiger partial charge in [0.05, 0.1) is 25.1 Å². The quantitative estimate of drug-likeness (QED) is 0.440. The van der Waals surface area contributed by atoms with Crippen LogP contribution in [-0.2, 0) is 4.79 Å². The number of nitrogens with two attached hydrogens (primary N) is 3. The molecular weight excluding hydrogens is 202 g/mol. The lowest BCUT2D eigenvalue weighted by Crippen LogP contribution is -2.21. The van der Waals surface area contributed by atoms with Crippen molar-refractivity contribution in [2.75, 3.05) is 6.61 Å². The molecule has 0 spiro atoms. The number of amides is 1. The van der Waals surface area contributed by atoms with Crippen molar-refractivity contribution in [1.29, 1.82) is 0 Å². The lowest BCUT2D eigenvalue weighted by Gasteiger charge is -2.02. The fourth-order valence-corrected chi connectivity index (χ4v) is 0.934. The molecule has 1 aromatic rings. The molecule has 1 heterocycles. The molecule has 0 saturated carbocycles. The molecule has 8 nitrogen and oxygen atoms in total. The minimum Gasteiger partial charge on any atom is -0.394 e. The third kappa shape index (κ3) is 2.98. The molecule has 15 heavy (non-hydrogen) atoms. The summed E-state index contributed by atoms with van der Waals surface area (Å²) in [7, 11) is 0. The van der Waals surface area contributed by atoms with Gasteiger partial charge in [0.15, 0.2) is 5.82 Å². The molecule has 1 amide bonds. The lowest BCUT2D eigenvalue weighted by molar-refractivity contribution is -0.118. The highest BCUT2D eigenvalue weighted by Gasteiger charge is 2.19. The zero-order valence-corrected chi connectivity index (χ0v) is 7.96. The monoisotopic (exact) mass is 215 g/mol. The molecule has 8 heteroatoms. The molecule has 0 aliphatic carbocycles. The fourth-order valence-electron chi connectivity index (χ4n) is 0.934. The first-order valence-corrected chi connectivity index (χ1v) is 4.28. The van der Waals surface area contributed by atoms with Gasteiger partial charge in [-0.1, -0.05) is 5.16 Å². The SMILES string of the molecule is NC(=O)CC(N)c1nc(C(N)CO)no1. The van der Waals surface area contributed by atoms with Crippen LogP contribution in [0.25, 0.3) is 0 Å². The Bertz CT molecular complexity index is 339. The van der Waals surface area contributed by atoms with E-state index in [0.29, 0.717) is 0 Å². The number of nitrogens with zero attached hydrogens (tertiary/aromatic N) is 2. The van der Waals surface area contributed by atoms with Gasteiger partial charge in [0.1, 0.15) is 0 Å². The van der Waals surface area contributed by atoms with E-state index < -0.39 is 18.0 Å². The molecule has 0 aromatic carbocycles. The van der Waals surface area contributed by atoms with Crippen molar-refractivity contribution >= 4 is 5.91 Å². The average molecular weight is 215 g/mol. The standard InChI is InChI=1S/C7H13N5O3/c8-3(1-5(10)14)7-11-6(12-15-7)4(9)2-13/h3-4,13H,1-2,8-9H2,(H2,10,14). The number of carbonyl (C=O) groups is 1. The maximum atomic E-state index is 10.6. The Hall–Kier alpha value is -1.51. The van der Waals surface area contributed by atoms with Crippen LogP contribution in [0.15, 0.2) is 4.52 Å². The molecule has 0 fully saturated rings. The van der Waals surface area contributed by atoms with Crippen LogP contribution in [-0.4, -0.2) is 27.8 Å². The number of aliphatic hydroxyl groups is 1. The van der Waals surface area contributed by atoms with Crippen LogP contribution in [0.3, 0.4) is 0 Å². The van der Waals surface area contributed by atoms with Gasteiger partial charge in [-0.05, 0) is 0 Å². The smallest absolute Gasteiger partial charge is 0.244 e. The van der Waals surface area contributed by atoms with Crippen LogP contribution in [0.5, 0.6) is 0 Å². The predicted octanol–water partition coefficient (Wildman–Crippen LogP) is -2.06. The van der Waals surface area contributed by atoms with Crippen molar-refractivity contribution in [3.8, 4) is 0 Å². The van der Waals surface area contributed by atoms with Gasteiger partial charge in [0.2, 0.25) is 11.8 Å². The molecule has 0 aliphatic rings. The molecule has 1 aromatic heterocycles. The predicted molar refractivity (Wildman–Crippen MR) is 49.1 cm³/mol. The molecule has 7 N–H and O–H groups in total. The van der Waals surface area contributed by atoms with Gasteiger partial charge in [0.25, 0.3) is 0 Å². The first kappa shape index (κ1) is 11.6. The van der Waals surface area contributed by atoms with Crippen LogP contribution >= 0.6 is 0 Å². The maximum Gasteiger partial charge on any atom is 0.244 e. The highest BCUT2D eigenvalue weighted by atomic mass is 16.5. The topological polar surface area (TPSA) is 154 Å². The number of hydrogen-bond donors (Lipinski definition) is 4. The van der Waals surface area contributed by atoms with E-state index in [2.05, 4.69) is 10.1 Å². The zero-order chi connectivity index (χ0) is 11.4. The summed E-state index contributed by atoms with van der Waals surface area (Å²) in [4.78, 5) is 14.4. The van der Waals surface area contributed by atoms with Gasteiger partial charge >= 0.3 is 0 Å². The zero-order valence-electron chi connectivity index (χ0n) is 7.96. The Balaban J connectivity index is 2.70. The van der Waals surface area contributed by atoms with Crippen molar-refractivity contribution < 1.29 is 14.4 Å². The Morgan fingerprint density at radius 1 is 1.47 bits per heavy atom. The van der Waals surface area contributed by atoms with Crippen molar-refractivity contribution in [2.45, 2.75) is 18.5 Å². The third-order valence-electron chi connectivity index (χ3n) is 1.72. The minimum absolute atomic E-state index is 0.0766. The highest BCUT2D eigenvalue weighted by Crippen LogP contribution is 2.13. The number of aromatic nitrogens is 2. The summed E-state index contributed by atoms with van der Waals surface area (Å²) in [6.07, 6.45) is -0.0873. The Morgan fingerprint density at radius 3 is 2.67 bits per heavy atom. The van der Waals surface area contributed by atoms with Crippen LogP contribution < -0.4 is 17.2 Å². The van der Waals surface area contributed by atoms with Crippen molar-refractivity contribution in [3.63, 3.8) is 0 Å². The van der Waals surface area contributed by atoms with E-state index >= 15 is 0 Å². The van der Waals surface area contributed by atoms with Gasteiger partial charge < -0.3 is 26.8 Å². The lowest BCUT2D eigenvalue weighted by atomic mass is 10.2. The summed E-state index contributed by atoms with van der Waals surface area (Å²) in [5.41, 5.74) is 15.9. The molecular formula is C7H13N5O3. The molecule has 0 aliphatic heterocycles. The largest absolute Gasteiger partial charge is 0.394 e. The summed E-state index contributed by atoms with van der Waals surface area (Å²) in [6, 6.07) is -1.46. The second-order valence-corrected chi connectivity index (χ2v) is 3.06. The normalized spacial score (nSPS) is 14.9. The highest BCUT2D eigenvalue weighted by molar-refractivity contribution is 5.74. The number of hydrogen-bond acceptors (Lipinski definition) is 7. The van der Waals surface area contributed by atoms with Crippen LogP contribution in [0.2, 0.25) is 0 Å². The molecule has 1 rings (SSSR count). The Morgan fingerprint density at radius 2 is 2.13 bits per heavy atom. The van der Waals surface area contributed by atoms with Crippen molar-refractivity contribution in [2.24, 2.45) is 17.2 Å². The number of carbonyl (C=O) groups excluding carboxylic acids is 1. The first-order chi connectivity index (χ1) is 7.04. The van der Waals surface area contributed by atoms with Crippen LogP contribution in [0, 0.1) is 0 Å². The molecule has 0 radical (unpaired) electrons. The van der Waals surface area contributed by atoms with Crippen LogP contribution in [0.4, 0.5) is 0 Å². The number of primary amides is 1. The summed E-state index contributed by atoms with van der Waals surface area (Å²) in [5.74, 6) is -0.339. The molecule has 84 valence electrons. The van der Waals surface area contributed by atoms with Gasteiger partial charge in [-0.3, -0.25) is 4.79 Å². The van der Waals surface area contributed by atoms with Gasteiger partial charge in [-0.15, -0.1) is 0 Å². The molecule has 0 saturated heterocycles. The maximum absolute atomic E-state index is 10.6. The van der Waals surface area contributed by atoms with Crippen molar-refractivity contribution in [3.05, 3.63) is 11.7 Å². The van der Waals surface area contributed by atoms with Gasteiger partial charge in [-0.2, -0.15) is 4.98 Å².